The van der Waals surface area contributed by atoms with Crippen LogP contribution in [0.25, 0.3) is 5.57 Å². The average Bonchev–Trinajstić information content (AvgIpc) is 2.96. The van der Waals surface area contributed by atoms with E-state index in [1.165, 1.54) is 17.0 Å². The smallest absolute Gasteiger partial charge is 0.418 e. The second-order valence-corrected chi connectivity index (χ2v) is 11.5. The monoisotopic (exact) mass is 631 g/mol. The zero-order valence-corrected chi connectivity index (χ0v) is 23.9. The summed E-state index contributed by atoms with van der Waals surface area (Å²) in [6.07, 6.45) is -9.93. The molecule has 2 fully saturated rings. The molecule has 2 aliphatic heterocycles. The highest BCUT2D eigenvalue weighted by atomic mass is 32.2. The summed E-state index contributed by atoms with van der Waals surface area (Å²) in [5.41, 5.74) is -5.12. The molecule has 234 valence electrons. The van der Waals surface area contributed by atoms with Crippen molar-refractivity contribution < 1.29 is 46.1 Å². The van der Waals surface area contributed by atoms with Crippen molar-refractivity contribution in [3.05, 3.63) is 59.7 Å². The quantitative estimate of drug-likeness (QED) is 0.301. The lowest BCUT2D eigenvalue weighted by Gasteiger charge is -2.35. The lowest BCUT2D eigenvalue weighted by Crippen LogP contribution is -2.49. The first-order valence-electron chi connectivity index (χ1n) is 13.6. The SMILES string of the molecule is C=C(C(=O)N1CCN(CCO)CC1)c1ccc(Sc2ccccc2N2CCCC(C(=O)O)C2)c(C(F)(F)F)c1C(F)(F)F. The summed E-state index contributed by atoms with van der Waals surface area (Å²) in [7, 11) is 0. The number of aliphatic carboxylic acids is 1. The van der Waals surface area contributed by atoms with Gasteiger partial charge in [-0.1, -0.05) is 36.5 Å². The minimum Gasteiger partial charge on any atom is -0.481 e. The maximum absolute atomic E-state index is 14.5. The van der Waals surface area contributed by atoms with Crippen molar-refractivity contribution in [3.8, 4) is 0 Å². The Bertz CT molecular complexity index is 1360. The van der Waals surface area contributed by atoms with Crippen molar-refractivity contribution in [2.45, 2.75) is 35.0 Å². The number of alkyl halides is 6. The Hall–Kier alpha value is -3.23. The van der Waals surface area contributed by atoms with E-state index in [1.807, 2.05) is 4.90 Å². The van der Waals surface area contributed by atoms with E-state index in [9.17, 15) is 41.0 Å². The molecule has 1 amide bonds. The van der Waals surface area contributed by atoms with Crippen LogP contribution in [0.15, 0.2) is 52.8 Å². The molecule has 2 N–H and O–H groups in total. The van der Waals surface area contributed by atoms with Gasteiger partial charge in [0.15, 0.2) is 0 Å². The van der Waals surface area contributed by atoms with E-state index in [-0.39, 0.29) is 31.1 Å². The molecule has 2 heterocycles. The summed E-state index contributed by atoms with van der Waals surface area (Å²) in [6, 6.07) is 8.01. The zero-order chi connectivity index (χ0) is 31.5. The second kappa shape index (κ2) is 13.2. The van der Waals surface area contributed by atoms with Gasteiger partial charge in [-0.3, -0.25) is 14.5 Å². The molecule has 0 bridgehead atoms. The van der Waals surface area contributed by atoms with E-state index in [0.717, 1.165) is 12.1 Å². The number of benzene rings is 2. The third-order valence-electron chi connectivity index (χ3n) is 7.59. The number of aliphatic hydroxyl groups is 1. The number of carboxylic acids is 1. The van der Waals surface area contributed by atoms with Crippen molar-refractivity contribution in [2.75, 3.05) is 57.3 Å². The van der Waals surface area contributed by atoms with Crippen LogP contribution >= 0.6 is 11.8 Å². The third-order valence-corrected chi connectivity index (χ3v) is 8.71. The molecule has 2 saturated heterocycles. The van der Waals surface area contributed by atoms with Crippen LogP contribution in [0.3, 0.4) is 0 Å². The van der Waals surface area contributed by atoms with Crippen LogP contribution in [0, 0.1) is 5.92 Å². The first kappa shape index (κ1) is 32.7. The number of hydrogen-bond donors (Lipinski definition) is 2. The third kappa shape index (κ3) is 7.47. The maximum atomic E-state index is 14.5. The van der Waals surface area contributed by atoms with Crippen LogP contribution in [0.1, 0.15) is 29.5 Å². The number of nitrogens with zero attached hydrogens (tertiary/aromatic N) is 3. The summed E-state index contributed by atoms with van der Waals surface area (Å²) < 4.78 is 87.0. The molecule has 4 rings (SSSR count). The number of anilines is 1. The van der Waals surface area contributed by atoms with Gasteiger partial charge in [0, 0.05) is 61.2 Å². The summed E-state index contributed by atoms with van der Waals surface area (Å²) >= 11 is 0.503. The number of β-amino-alcohol motifs (C(OH)–C–C–N with tert-alkyl or cyclic N) is 1. The number of piperazine rings is 1. The van der Waals surface area contributed by atoms with E-state index >= 15 is 0 Å². The summed E-state index contributed by atoms with van der Waals surface area (Å²) in [6.45, 7) is 5.23. The lowest BCUT2D eigenvalue weighted by atomic mass is 9.94. The Labute approximate surface area is 248 Å². The Morgan fingerprint density at radius 2 is 1.56 bits per heavy atom. The number of amides is 1. The van der Waals surface area contributed by atoms with Crippen LogP contribution in [-0.4, -0.2) is 84.3 Å². The summed E-state index contributed by atoms with van der Waals surface area (Å²) in [4.78, 5) is 29.0. The Kier molecular flexibility index (Phi) is 10.0. The standard InChI is InChI=1S/C29H31F6N3O4S/c1-18(26(40)37-13-11-36(12-14-37)15-16-39)20-8-9-23(25(29(33,34)35)24(20)28(30,31)32)43-22-7-3-2-6-21(22)38-10-4-5-19(17-38)27(41)42/h2-3,6-9,19,39H,1,4-5,10-17H2,(H,41,42). The van der Waals surface area contributed by atoms with Crippen molar-refractivity contribution in [1.29, 1.82) is 0 Å². The highest BCUT2D eigenvalue weighted by Crippen LogP contribution is 2.50. The molecule has 2 aliphatic rings. The molecule has 1 atom stereocenters. The van der Waals surface area contributed by atoms with E-state index in [0.29, 0.717) is 56.5 Å². The molecule has 2 aromatic carbocycles. The fourth-order valence-corrected chi connectivity index (χ4v) is 6.58. The van der Waals surface area contributed by atoms with Gasteiger partial charge in [0.25, 0.3) is 5.91 Å². The molecular formula is C29H31F6N3O4S. The molecule has 7 nitrogen and oxygen atoms in total. The van der Waals surface area contributed by atoms with Crippen molar-refractivity contribution in [1.82, 2.24) is 9.80 Å². The Morgan fingerprint density at radius 3 is 2.16 bits per heavy atom. The number of rotatable bonds is 8. The molecule has 43 heavy (non-hydrogen) atoms. The van der Waals surface area contributed by atoms with Gasteiger partial charge >= 0.3 is 18.3 Å². The Balaban J connectivity index is 1.72. The number of carbonyl (C=O) groups is 2. The van der Waals surface area contributed by atoms with Gasteiger partial charge in [-0.25, -0.2) is 0 Å². The van der Waals surface area contributed by atoms with Crippen molar-refractivity contribution in [3.63, 3.8) is 0 Å². The van der Waals surface area contributed by atoms with Crippen LogP contribution in [0.5, 0.6) is 0 Å². The van der Waals surface area contributed by atoms with Gasteiger partial charge in [-0.05, 0) is 36.6 Å². The molecule has 0 aliphatic carbocycles. The van der Waals surface area contributed by atoms with Gasteiger partial charge < -0.3 is 20.0 Å². The average molecular weight is 632 g/mol. The molecular weight excluding hydrogens is 600 g/mol. The normalized spacial score (nSPS) is 18.5. The fraction of sp³-hybridized carbons (Fsp3) is 0.448. The van der Waals surface area contributed by atoms with Crippen molar-refractivity contribution >= 4 is 34.9 Å². The largest absolute Gasteiger partial charge is 0.481 e. The topological polar surface area (TPSA) is 84.3 Å². The van der Waals surface area contributed by atoms with Gasteiger partial charge in [0.05, 0.1) is 29.3 Å². The number of hydrogen-bond acceptors (Lipinski definition) is 6. The van der Waals surface area contributed by atoms with Gasteiger partial charge in [0.1, 0.15) is 0 Å². The number of piperidine rings is 1. The molecule has 0 saturated carbocycles. The molecule has 1 unspecified atom stereocenters. The molecule has 0 aromatic heterocycles. The number of para-hydroxylation sites is 1. The Morgan fingerprint density at radius 1 is 0.907 bits per heavy atom. The summed E-state index contributed by atoms with van der Waals surface area (Å²) in [5, 5.41) is 18.6. The number of carbonyl (C=O) groups excluding carboxylic acids is 1. The van der Waals surface area contributed by atoms with E-state index in [2.05, 4.69) is 6.58 Å². The first-order valence-corrected chi connectivity index (χ1v) is 14.4. The number of aliphatic hydroxyl groups excluding tert-OH is 1. The van der Waals surface area contributed by atoms with E-state index in [1.54, 1.807) is 17.0 Å². The molecule has 0 spiro atoms. The first-order chi connectivity index (χ1) is 20.2. The second-order valence-electron chi connectivity index (χ2n) is 10.4. The van der Waals surface area contributed by atoms with Crippen LogP contribution in [-0.2, 0) is 21.9 Å². The number of carboxylic acid groups (broad SMARTS) is 1. The van der Waals surface area contributed by atoms with Crippen LogP contribution in [0.4, 0.5) is 32.0 Å². The highest BCUT2D eigenvalue weighted by Gasteiger charge is 2.48. The predicted octanol–water partition coefficient (Wildman–Crippen LogP) is 5.33. The summed E-state index contributed by atoms with van der Waals surface area (Å²) in [5.74, 6) is -2.58. The highest BCUT2D eigenvalue weighted by molar-refractivity contribution is 7.99. The van der Waals surface area contributed by atoms with Gasteiger partial charge in [-0.2, -0.15) is 26.3 Å². The molecule has 14 heteroatoms. The number of halogens is 6. The van der Waals surface area contributed by atoms with E-state index < -0.39 is 57.3 Å². The lowest BCUT2D eigenvalue weighted by molar-refractivity contribution is -0.163. The molecule has 2 aromatic rings. The van der Waals surface area contributed by atoms with Crippen molar-refractivity contribution in [2.24, 2.45) is 5.92 Å². The van der Waals surface area contributed by atoms with Gasteiger partial charge in [-0.15, -0.1) is 0 Å². The van der Waals surface area contributed by atoms with E-state index in [4.69, 9.17) is 5.11 Å². The van der Waals surface area contributed by atoms with Crippen LogP contribution < -0.4 is 4.90 Å². The molecule has 0 radical (unpaired) electrons. The minimum atomic E-state index is -5.47. The minimum absolute atomic E-state index is 0.106. The fourth-order valence-electron chi connectivity index (χ4n) is 5.44. The van der Waals surface area contributed by atoms with Crippen LogP contribution in [0.2, 0.25) is 0 Å². The zero-order valence-electron chi connectivity index (χ0n) is 23.0. The maximum Gasteiger partial charge on any atom is 0.418 e. The van der Waals surface area contributed by atoms with Gasteiger partial charge in [0.2, 0.25) is 0 Å². The predicted molar refractivity (Wildman–Crippen MR) is 149 cm³/mol.